The fraction of sp³-hybridized carbons (Fsp3) is 0.643. The first-order chi connectivity index (χ1) is 10.1. The lowest BCUT2D eigenvalue weighted by molar-refractivity contribution is 0.312. The van der Waals surface area contributed by atoms with Crippen molar-refractivity contribution in [3.8, 4) is 0 Å². The number of aromatic amines is 1. The molecule has 2 aromatic heterocycles. The number of nitrogens with one attached hydrogen (secondary N) is 1. The molecule has 0 bridgehead atoms. The van der Waals surface area contributed by atoms with Gasteiger partial charge in [-0.3, -0.25) is 10.00 Å². The van der Waals surface area contributed by atoms with Crippen molar-refractivity contribution >= 4 is 0 Å². The quantitative estimate of drug-likeness (QED) is 0.804. The minimum Gasteiger partial charge on any atom is -0.328 e. The molecule has 0 radical (unpaired) electrons. The molecular formula is C14H23N7. The summed E-state index contributed by atoms with van der Waals surface area (Å²) in [6.07, 6.45) is 6.85. The van der Waals surface area contributed by atoms with Gasteiger partial charge >= 0.3 is 0 Å². The van der Waals surface area contributed by atoms with Gasteiger partial charge in [-0.15, -0.1) is 10.2 Å². The second-order valence-electron chi connectivity index (χ2n) is 6.06. The summed E-state index contributed by atoms with van der Waals surface area (Å²) in [7, 11) is 4.16. The third-order valence-electron chi connectivity index (χ3n) is 4.29. The summed E-state index contributed by atoms with van der Waals surface area (Å²) in [6.45, 7) is 1.77. The van der Waals surface area contributed by atoms with Gasteiger partial charge in [-0.1, -0.05) is 0 Å². The zero-order valence-corrected chi connectivity index (χ0v) is 12.7. The average molecular weight is 289 g/mol. The smallest absolute Gasteiger partial charge is 0.146 e. The van der Waals surface area contributed by atoms with Crippen LogP contribution in [0.5, 0.6) is 0 Å². The Morgan fingerprint density at radius 3 is 2.90 bits per heavy atom. The molecule has 0 atom stereocenters. The minimum atomic E-state index is 0.341. The van der Waals surface area contributed by atoms with Crippen LogP contribution in [-0.2, 0) is 20.0 Å². The van der Waals surface area contributed by atoms with Gasteiger partial charge in [0, 0.05) is 31.7 Å². The van der Waals surface area contributed by atoms with E-state index >= 15 is 0 Å². The molecule has 2 heterocycles. The SMILES string of the molecule is CN(CCc1cn[nH]c1)Cc1nnc(C2CC(N)C2)n1C. The molecule has 7 heteroatoms. The summed E-state index contributed by atoms with van der Waals surface area (Å²) in [5, 5.41) is 15.5. The molecule has 0 unspecified atom stereocenters. The third-order valence-corrected chi connectivity index (χ3v) is 4.29. The largest absolute Gasteiger partial charge is 0.328 e. The Bertz CT molecular complexity index is 568. The van der Waals surface area contributed by atoms with Crippen LogP contribution < -0.4 is 5.73 Å². The van der Waals surface area contributed by atoms with Crippen LogP contribution in [-0.4, -0.2) is 49.5 Å². The Labute approximate surface area is 124 Å². The normalized spacial score (nSPS) is 21.7. The van der Waals surface area contributed by atoms with Gasteiger partial charge < -0.3 is 10.3 Å². The summed E-state index contributed by atoms with van der Waals surface area (Å²) in [4.78, 5) is 2.26. The van der Waals surface area contributed by atoms with E-state index in [2.05, 4.69) is 44.0 Å². The first-order valence-electron chi connectivity index (χ1n) is 7.43. The molecule has 3 N–H and O–H groups in total. The number of hydrogen-bond acceptors (Lipinski definition) is 5. The number of rotatable bonds is 6. The van der Waals surface area contributed by atoms with Crippen LogP contribution in [0.25, 0.3) is 0 Å². The third kappa shape index (κ3) is 3.14. The van der Waals surface area contributed by atoms with Gasteiger partial charge in [-0.2, -0.15) is 5.10 Å². The second kappa shape index (κ2) is 5.95. The second-order valence-corrected chi connectivity index (χ2v) is 6.06. The maximum absolute atomic E-state index is 5.86. The molecule has 0 amide bonds. The zero-order chi connectivity index (χ0) is 14.8. The summed E-state index contributed by atoms with van der Waals surface area (Å²) in [6, 6.07) is 0.341. The van der Waals surface area contributed by atoms with Crippen LogP contribution in [0.1, 0.15) is 36.0 Å². The number of H-pyrrole nitrogens is 1. The molecule has 7 nitrogen and oxygen atoms in total. The van der Waals surface area contributed by atoms with Gasteiger partial charge in [0.2, 0.25) is 0 Å². The summed E-state index contributed by atoms with van der Waals surface area (Å²) < 4.78 is 2.13. The maximum Gasteiger partial charge on any atom is 0.146 e. The first kappa shape index (κ1) is 14.2. The lowest BCUT2D eigenvalue weighted by atomic mass is 9.80. The molecule has 1 aliphatic rings. The van der Waals surface area contributed by atoms with E-state index < -0.39 is 0 Å². The van der Waals surface area contributed by atoms with Crippen LogP contribution in [0.3, 0.4) is 0 Å². The summed E-state index contributed by atoms with van der Waals surface area (Å²) in [5.74, 6) is 2.58. The molecule has 2 aromatic rings. The van der Waals surface area contributed by atoms with Crippen molar-refractivity contribution in [2.45, 2.75) is 37.8 Å². The first-order valence-corrected chi connectivity index (χ1v) is 7.43. The Hall–Kier alpha value is -1.73. The topological polar surface area (TPSA) is 88.7 Å². The van der Waals surface area contributed by atoms with E-state index in [-0.39, 0.29) is 0 Å². The molecule has 21 heavy (non-hydrogen) atoms. The molecule has 0 saturated heterocycles. The predicted octanol–water partition coefficient (Wildman–Crippen LogP) is 0.417. The maximum atomic E-state index is 5.86. The van der Waals surface area contributed by atoms with Gasteiger partial charge in [-0.05, 0) is 31.9 Å². The highest BCUT2D eigenvalue weighted by molar-refractivity contribution is 5.08. The Kier molecular flexibility index (Phi) is 4.03. The Balaban J connectivity index is 1.54. The fourth-order valence-electron chi connectivity index (χ4n) is 2.80. The van der Waals surface area contributed by atoms with Crippen molar-refractivity contribution in [2.24, 2.45) is 12.8 Å². The number of likely N-dealkylation sites (N-methyl/N-ethyl adjacent to an activating group) is 1. The molecular weight excluding hydrogens is 266 g/mol. The Morgan fingerprint density at radius 2 is 2.24 bits per heavy atom. The van der Waals surface area contributed by atoms with Crippen molar-refractivity contribution in [1.29, 1.82) is 0 Å². The number of hydrogen-bond donors (Lipinski definition) is 2. The van der Waals surface area contributed by atoms with Crippen LogP contribution >= 0.6 is 0 Å². The van der Waals surface area contributed by atoms with Crippen LogP contribution in [0.4, 0.5) is 0 Å². The lowest BCUT2D eigenvalue weighted by Gasteiger charge is -2.31. The molecule has 1 fully saturated rings. The number of nitrogens with two attached hydrogens (primary N) is 1. The average Bonchev–Trinajstić information content (AvgIpc) is 3.05. The van der Waals surface area contributed by atoms with Crippen LogP contribution in [0.2, 0.25) is 0 Å². The van der Waals surface area contributed by atoms with Crippen molar-refractivity contribution in [1.82, 2.24) is 29.9 Å². The lowest BCUT2D eigenvalue weighted by Crippen LogP contribution is -2.36. The number of aromatic nitrogens is 5. The van der Waals surface area contributed by atoms with E-state index in [1.54, 1.807) is 0 Å². The van der Waals surface area contributed by atoms with Gasteiger partial charge in [0.05, 0.1) is 12.7 Å². The Morgan fingerprint density at radius 1 is 1.43 bits per heavy atom. The van der Waals surface area contributed by atoms with E-state index in [1.807, 2.05) is 12.4 Å². The molecule has 0 aliphatic heterocycles. The monoisotopic (exact) mass is 289 g/mol. The number of nitrogens with zero attached hydrogens (tertiary/aromatic N) is 5. The van der Waals surface area contributed by atoms with E-state index in [4.69, 9.17) is 5.73 Å². The predicted molar refractivity (Wildman–Crippen MR) is 79.6 cm³/mol. The van der Waals surface area contributed by atoms with Crippen molar-refractivity contribution in [2.75, 3.05) is 13.6 Å². The molecule has 1 saturated carbocycles. The van der Waals surface area contributed by atoms with Gasteiger partial charge in [0.1, 0.15) is 11.6 Å². The van der Waals surface area contributed by atoms with Crippen molar-refractivity contribution < 1.29 is 0 Å². The van der Waals surface area contributed by atoms with E-state index in [9.17, 15) is 0 Å². The highest BCUT2D eigenvalue weighted by atomic mass is 15.3. The van der Waals surface area contributed by atoms with Gasteiger partial charge in [-0.25, -0.2) is 0 Å². The summed E-state index contributed by atoms with van der Waals surface area (Å²) in [5.41, 5.74) is 7.08. The molecule has 1 aliphatic carbocycles. The van der Waals surface area contributed by atoms with Gasteiger partial charge in [0.25, 0.3) is 0 Å². The van der Waals surface area contributed by atoms with E-state index in [0.717, 1.165) is 44.0 Å². The fourth-order valence-corrected chi connectivity index (χ4v) is 2.80. The molecule has 0 spiro atoms. The molecule has 114 valence electrons. The van der Waals surface area contributed by atoms with Crippen molar-refractivity contribution in [3.05, 3.63) is 29.6 Å². The van der Waals surface area contributed by atoms with E-state index in [0.29, 0.717) is 12.0 Å². The highest BCUT2D eigenvalue weighted by Crippen LogP contribution is 2.34. The molecule has 3 rings (SSSR count). The van der Waals surface area contributed by atoms with Crippen molar-refractivity contribution in [3.63, 3.8) is 0 Å². The van der Waals surface area contributed by atoms with Gasteiger partial charge in [0.15, 0.2) is 0 Å². The van der Waals surface area contributed by atoms with Crippen LogP contribution in [0, 0.1) is 0 Å². The highest BCUT2D eigenvalue weighted by Gasteiger charge is 2.31. The molecule has 0 aromatic carbocycles. The standard InChI is InChI=1S/C14H23N7/c1-20(4-3-10-7-16-17-8-10)9-13-18-19-14(21(13)2)11-5-12(15)6-11/h7-8,11-12H,3-6,9,15H2,1-2H3,(H,16,17). The minimum absolute atomic E-state index is 0.341. The zero-order valence-electron chi connectivity index (χ0n) is 12.7. The van der Waals surface area contributed by atoms with E-state index in [1.165, 1.54) is 5.56 Å². The van der Waals surface area contributed by atoms with Crippen LogP contribution in [0.15, 0.2) is 12.4 Å². The summed E-state index contributed by atoms with van der Waals surface area (Å²) >= 11 is 0.